The molecule has 1 heterocycles. The number of para-hydroxylation sites is 1. The van der Waals surface area contributed by atoms with Crippen LogP contribution >= 0.6 is 0 Å². The molecule has 0 spiro atoms. The van der Waals surface area contributed by atoms with E-state index >= 15 is 0 Å². The minimum absolute atomic E-state index is 0.199. The van der Waals surface area contributed by atoms with Crippen LogP contribution in [0.4, 0.5) is 0 Å². The molecule has 94 valence electrons. The van der Waals surface area contributed by atoms with E-state index in [1.54, 1.807) is 0 Å². The van der Waals surface area contributed by atoms with Gasteiger partial charge in [0.25, 0.3) is 15.2 Å². The maximum absolute atomic E-state index is 11.5. The van der Waals surface area contributed by atoms with Crippen molar-refractivity contribution in [2.45, 2.75) is 23.9 Å². The van der Waals surface area contributed by atoms with Crippen LogP contribution in [0.5, 0.6) is 0 Å². The molecular formula is C11H12N4O2S. The van der Waals surface area contributed by atoms with Crippen LogP contribution in [-0.4, -0.2) is 23.2 Å². The van der Waals surface area contributed by atoms with Crippen molar-refractivity contribution in [3.05, 3.63) is 36.2 Å². The lowest BCUT2D eigenvalue weighted by molar-refractivity contribution is 0.584. The minimum Gasteiger partial charge on any atom is -0.268 e. The van der Waals surface area contributed by atoms with Crippen molar-refractivity contribution in [1.82, 2.24) is 14.8 Å². The molecule has 3 rings (SSSR count). The molecule has 0 atom stereocenters. The number of benzene rings is 1. The molecule has 0 bridgehead atoms. The summed E-state index contributed by atoms with van der Waals surface area (Å²) in [4.78, 5) is 0. The third kappa shape index (κ3) is 1.91. The molecule has 18 heavy (non-hydrogen) atoms. The van der Waals surface area contributed by atoms with Crippen LogP contribution < -0.4 is 5.14 Å². The standard InChI is InChI=1S/C11H12N4O2S/c12-18(16,17)11-14-13-10(8-6-7-8)15(11)9-4-2-1-3-5-9/h1-5,8H,6-7H2,(H2,12,16,17). The summed E-state index contributed by atoms with van der Waals surface area (Å²) in [7, 11) is -3.88. The first-order chi connectivity index (χ1) is 8.57. The van der Waals surface area contributed by atoms with E-state index < -0.39 is 10.0 Å². The Morgan fingerprint density at radius 3 is 2.39 bits per heavy atom. The van der Waals surface area contributed by atoms with Crippen LogP contribution in [0, 0.1) is 0 Å². The SMILES string of the molecule is NS(=O)(=O)c1nnc(C2CC2)n1-c1ccccc1. The Hall–Kier alpha value is -1.73. The molecule has 1 saturated carbocycles. The topological polar surface area (TPSA) is 90.9 Å². The summed E-state index contributed by atoms with van der Waals surface area (Å²) in [6.45, 7) is 0. The van der Waals surface area contributed by atoms with Gasteiger partial charge in [-0.3, -0.25) is 4.57 Å². The van der Waals surface area contributed by atoms with E-state index in [0.29, 0.717) is 11.5 Å². The largest absolute Gasteiger partial charge is 0.274 e. The summed E-state index contributed by atoms with van der Waals surface area (Å²) < 4.78 is 24.6. The molecule has 0 radical (unpaired) electrons. The number of hydrogen-bond donors (Lipinski definition) is 1. The van der Waals surface area contributed by atoms with Gasteiger partial charge in [0.15, 0.2) is 0 Å². The Balaban J connectivity index is 2.24. The smallest absolute Gasteiger partial charge is 0.268 e. The fraction of sp³-hybridized carbons (Fsp3) is 0.273. The van der Waals surface area contributed by atoms with E-state index in [0.717, 1.165) is 12.8 Å². The normalized spacial score (nSPS) is 15.8. The minimum atomic E-state index is -3.88. The molecule has 0 amide bonds. The number of hydrogen-bond acceptors (Lipinski definition) is 4. The van der Waals surface area contributed by atoms with E-state index in [-0.39, 0.29) is 11.1 Å². The zero-order chi connectivity index (χ0) is 12.8. The molecule has 1 aliphatic rings. The van der Waals surface area contributed by atoms with Gasteiger partial charge < -0.3 is 0 Å². The lowest BCUT2D eigenvalue weighted by Gasteiger charge is -2.08. The Bertz CT molecular complexity index is 674. The highest BCUT2D eigenvalue weighted by molar-refractivity contribution is 7.89. The third-order valence-electron chi connectivity index (χ3n) is 2.87. The molecule has 0 unspecified atom stereocenters. The monoisotopic (exact) mass is 264 g/mol. The van der Waals surface area contributed by atoms with Crippen LogP contribution in [0.25, 0.3) is 5.69 Å². The maximum Gasteiger partial charge on any atom is 0.274 e. The Kier molecular flexibility index (Phi) is 2.46. The summed E-state index contributed by atoms with van der Waals surface area (Å²) in [5, 5.41) is 12.7. The van der Waals surface area contributed by atoms with Crippen LogP contribution in [0.3, 0.4) is 0 Å². The third-order valence-corrected chi connectivity index (χ3v) is 3.64. The van der Waals surface area contributed by atoms with Crippen LogP contribution in [0.2, 0.25) is 0 Å². The average molecular weight is 264 g/mol. The molecule has 1 aliphatic carbocycles. The summed E-state index contributed by atoms with van der Waals surface area (Å²) in [6.07, 6.45) is 2.02. The number of nitrogens with two attached hydrogens (primary N) is 1. The van der Waals surface area contributed by atoms with Crippen molar-refractivity contribution in [3.63, 3.8) is 0 Å². The number of rotatable bonds is 3. The predicted molar refractivity (Wildman–Crippen MR) is 64.7 cm³/mol. The molecule has 6 nitrogen and oxygen atoms in total. The summed E-state index contributed by atoms with van der Waals surface area (Å²) in [6, 6.07) is 9.15. The van der Waals surface area contributed by atoms with Crippen LogP contribution in [0.15, 0.2) is 35.5 Å². The van der Waals surface area contributed by atoms with Gasteiger partial charge in [-0.1, -0.05) is 18.2 Å². The number of nitrogens with zero attached hydrogens (tertiary/aromatic N) is 3. The van der Waals surface area contributed by atoms with Gasteiger partial charge in [-0.2, -0.15) is 0 Å². The maximum atomic E-state index is 11.5. The number of aromatic nitrogens is 3. The highest BCUT2D eigenvalue weighted by Crippen LogP contribution is 2.40. The Morgan fingerprint density at radius 2 is 1.83 bits per heavy atom. The van der Waals surface area contributed by atoms with Gasteiger partial charge in [0.2, 0.25) is 0 Å². The van der Waals surface area contributed by atoms with E-state index in [1.807, 2.05) is 30.3 Å². The molecule has 0 saturated heterocycles. The fourth-order valence-corrected chi connectivity index (χ4v) is 2.50. The first-order valence-electron chi connectivity index (χ1n) is 5.61. The van der Waals surface area contributed by atoms with Gasteiger partial charge >= 0.3 is 0 Å². The Morgan fingerprint density at radius 1 is 1.17 bits per heavy atom. The second kappa shape index (κ2) is 3.89. The number of sulfonamides is 1. The lowest BCUT2D eigenvalue weighted by Crippen LogP contribution is -2.18. The fourth-order valence-electron chi connectivity index (χ4n) is 1.89. The highest BCUT2D eigenvalue weighted by Gasteiger charge is 2.33. The molecule has 1 aromatic heterocycles. The van der Waals surface area contributed by atoms with Crippen molar-refractivity contribution < 1.29 is 8.42 Å². The molecule has 7 heteroatoms. The average Bonchev–Trinajstić information content (AvgIpc) is 3.07. The van der Waals surface area contributed by atoms with Crippen LogP contribution in [0.1, 0.15) is 24.6 Å². The predicted octanol–water partition coefficient (Wildman–Crippen LogP) is 0.792. The van der Waals surface area contributed by atoms with Crippen LogP contribution in [-0.2, 0) is 10.0 Å². The summed E-state index contributed by atoms with van der Waals surface area (Å²) in [5.74, 6) is 0.957. The van der Waals surface area contributed by atoms with Gasteiger partial charge in [-0.05, 0) is 25.0 Å². The van der Waals surface area contributed by atoms with Gasteiger partial charge in [0, 0.05) is 11.6 Å². The van der Waals surface area contributed by atoms with E-state index in [9.17, 15) is 8.42 Å². The Labute approximate surface area is 105 Å². The van der Waals surface area contributed by atoms with Crippen molar-refractivity contribution in [1.29, 1.82) is 0 Å². The zero-order valence-corrected chi connectivity index (χ0v) is 10.3. The van der Waals surface area contributed by atoms with Crippen molar-refractivity contribution >= 4 is 10.0 Å². The summed E-state index contributed by atoms with van der Waals surface area (Å²) >= 11 is 0. The molecule has 0 aliphatic heterocycles. The van der Waals surface area contributed by atoms with Gasteiger partial charge in [0.05, 0.1) is 0 Å². The molecular weight excluding hydrogens is 252 g/mol. The molecule has 1 aromatic carbocycles. The van der Waals surface area contributed by atoms with E-state index in [2.05, 4.69) is 10.2 Å². The highest BCUT2D eigenvalue weighted by atomic mass is 32.2. The first kappa shape index (κ1) is 11.4. The van der Waals surface area contributed by atoms with Gasteiger partial charge in [-0.25, -0.2) is 13.6 Å². The molecule has 2 N–H and O–H groups in total. The molecule has 1 fully saturated rings. The van der Waals surface area contributed by atoms with Crippen molar-refractivity contribution in [3.8, 4) is 5.69 Å². The number of primary sulfonamides is 1. The first-order valence-corrected chi connectivity index (χ1v) is 7.15. The van der Waals surface area contributed by atoms with Crippen molar-refractivity contribution in [2.75, 3.05) is 0 Å². The van der Waals surface area contributed by atoms with E-state index in [1.165, 1.54) is 4.57 Å². The lowest BCUT2D eigenvalue weighted by atomic mass is 10.3. The quantitative estimate of drug-likeness (QED) is 0.887. The second-order valence-electron chi connectivity index (χ2n) is 4.33. The second-order valence-corrected chi connectivity index (χ2v) is 5.79. The van der Waals surface area contributed by atoms with Gasteiger partial charge in [0.1, 0.15) is 5.82 Å². The van der Waals surface area contributed by atoms with E-state index in [4.69, 9.17) is 5.14 Å². The zero-order valence-electron chi connectivity index (χ0n) is 9.52. The van der Waals surface area contributed by atoms with Gasteiger partial charge in [-0.15, -0.1) is 10.2 Å². The van der Waals surface area contributed by atoms with Crippen molar-refractivity contribution in [2.24, 2.45) is 5.14 Å². The summed E-state index contributed by atoms with van der Waals surface area (Å²) in [5.41, 5.74) is 0.716. The molecule has 2 aromatic rings.